The van der Waals surface area contributed by atoms with E-state index in [9.17, 15) is 35.1 Å². The summed E-state index contributed by atoms with van der Waals surface area (Å²) in [4.78, 5) is 25.2. The summed E-state index contributed by atoms with van der Waals surface area (Å²) in [6.07, 6.45) is 84.9. The highest BCUT2D eigenvalue weighted by atomic mass is 16.7. The lowest BCUT2D eigenvalue weighted by atomic mass is 9.99. The minimum absolute atomic E-state index is 0.0112. The minimum Gasteiger partial charge on any atom is -0.466 e. The molecule has 11 heteroatoms. The number of rotatable bonds is 74. The van der Waals surface area contributed by atoms with Crippen molar-refractivity contribution < 1.29 is 49.3 Å². The van der Waals surface area contributed by atoms with E-state index in [-0.39, 0.29) is 18.5 Å². The molecule has 0 bridgehead atoms. The van der Waals surface area contributed by atoms with Crippen molar-refractivity contribution in [1.29, 1.82) is 0 Å². The average molecular weight is 1330 g/mol. The number of hydrogen-bond donors (Lipinski definition) is 6. The lowest BCUT2D eigenvalue weighted by Crippen LogP contribution is -2.60. The van der Waals surface area contributed by atoms with Gasteiger partial charge in [-0.05, 0) is 64.2 Å². The Kier molecular flexibility index (Phi) is 69.0. The van der Waals surface area contributed by atoms with Crippen LogP contribution in [0.1, 0.15) is 418 Å². The second-order valence-electron chi connectivity index (χ2n) is 28.8. The first-order valence-electron chi connectivity index (χ1n) is 41.3. The Bertz CT molecular complexity index is 1660. The number of esters is 1. The highest BCUT2D eigenvalue weighted by Gasteiger charge is 2.44. The maximum absolute atomic E-state index is 13.1. The van der Waals surface area contributed by atoms with Gasteiger partial charge in [0.1, 0.15) is 24.4 Å². The van der Waals surface area contributed by atoms with E-state index < -0.39 is 49.5 Å². The van der Waals surface area contributed by atoms with Crippen LogP contribution in [0.3, 0.4) is 0 Å². The Morgan fingerprint density at radius 1 is 0.394 bits per heavy atom. The van der Waals surface area contributed by atoms with Crippen LogP contribution in [0.25, 0.3) is 0 Å². The van der Waals surface area contributed by atoms with E-state index >= 15 is 0 Å². The zero-order valence-electron chi connectivity index (χ0n) is 62.0. The molecule has 1 rings (SSSR count). The van der Waals surface area contributed by atoms with Crippen molar-refractivity contribution in [3.05, 3.63) is 36.5 Å². The highest BCUT2D eigenvalue weighted by Crippen LogP contribution is 2.24. The number of allylic oxidation sites excluding steroid dienone is 5. The summed E-state index contributed by atoms with van der Waals surface area (Å²) >= 11 is 0. The number of aliphatic hydroxyl groups excluding tert-OH is 5. The summed E-state index contributed by atoms with van der Waals surface area (Å²) < 4.78 is 16.8. The van der Waals surface area contributed by atoms with Gasteiger partial charge in [0, 0.05) is 12.8 Å². The fraction of sp³-hybridized carbons (Fsp3) is 0.904. The Hall–Kier alpha value is -2.12. The molecule has 1 heterocycles. The number of carbonyl (C=O) groups is 2. The van der Waals surface area contributed by atoms with Gasteiger partial charge in [-0.2, -0.15) is 0 Å². The first-order valence-corrected chi connectivity index (χ1v) is 41.3. The molecule has 1 amide bonds. The van der Waals surface area contributed by atoms with E-state index in [0.717, 1.165) is 64.2 Å². The van der Waals surface area contributed by atoms with Gasteiger partial charge in [-0.15, -0.1) is 0 Å². The third-order valence-electron chi connectivity index (χ3n) is 19.7. The van der Waals surface area contributed by atoms with Crippen LogP contribution in [0.5, 0.6) is 0 Å². The molecule has 6 N–H and O–H groups in total. The van der Waals surface area contributed by atoms with Crippen LogP contribution >= 0.6 is 0 Å². The zero-order chi connectivity index (χ0) is 67.9. The quantitative estimate of drug-likeness (QED) is 0.0195. The van der Waals surface area contributed by atoms with Gasteiger partial charge in [0.15, 0.2) is 6.29 Å². The smallest absolute Gasteiger partial charge is 0.305 e. The molecule has 0 radical (unpaired) electrons. The van der Waals surface area contributed by atoms with Crippen LogP contribution in [0.2, 0.25) is 0 Å². The molecule has 0 aliphatic carbocycles. The van der Waals surface area contributed by atoms with Gasteiger partial charge in [0.05, 0.1) is 32.0 Å². The summed E-state index contributed by atoms with van der Waals surface area (Å²) in [5.74, 6) is -0.164. The fourth-order valence-corrected chi connectivity index (χ4v) is 13.3. The molecule has 0 aromatic rings. The number of amides is 1. The predicted molar refractivity (Wildman–Crippen MR) is 398 cm³/mol. The van der Waals surface area contributed by atoms with Gasteiger partial charge in [-0.25, -0.2) is 0 Å². The molecule has 94 heavy (non-hydrogen) atoms. The monoisotopic (exact) mass is 1330 g/mol. The molecular formula is C83H157NO10. The topological polar surface area (TPSA) is 175 Å². The van der Waals surface area contributed by atoms with Crippen molar-refractivity contribution in [2.24, 2.45) is 0 Å². The van der Waals surface area contributed by atoms with Gasteiger partial charge in [-0.1, -0.05) is 378 Å². The van der Waals surface area contributed by atoms with Crippen LogP contribution < -0.4 is 5.32 Å². The average Bonchev–Trinajstić information content (AvgIpc) is 0.854. The number of hydrogen-bond acceptors (Lipinski definition) is 10. The van der Waals surface area contributed by atoms with Crippen LogP contribution in [0, 0.1) is 0 Å². The Labute approximate surface area is 581 Å². The molecule has 1 aliphatic heterocycles. The number of aliphatic hydroxyl groups is 5. The van der Waals surface area contributed by atoms with Gasteiger partial charge < -0.3 is 45.1 Å². The normalized spacial score (nSPS) is 17.5. The minimum atomic E-state index is -1.57. The third-order valence-corrected chi connectivity index (χ3v) is 19.7. The summed E-state index contributed by atoms with van der Waals surface area (Å²) in [5.41, 5.74) is 0. The first kappa shape index (κ1) is 89.9. The van der Waals surface area contributed by atoms with Crippen molar-refractivity contribution in [3.63, 3.8) is 0 Å². The Morgan fingerprint density at radius 2 is 0.713 bits per heavy atom. The van der Waals surface area contributed by atoms with Crippen molar-refractivity contribution in [2.75, 3.05) is 19.8 Å². The molecule has 0 spiro atoms. The maximum atomic E-state index is 13.1. The van der Waals surface area contributed by atoms with Gasteiger partial charge >= 0.3 is 5.97 Å². The molecule has 7 atom stereocenters. The predicted octanol–water partition coefficient (Wildman–Crippen LogP) is 22.5. The lowest BCUT2D eigenvalue weighted by molar-refractivity contribution is -0.302. The Balaban J connectivity index is 1.83. The highest BCUT2D eigenvalue weighted by molar-refractivity contribution is 5.76. The molecule has 1 fully saturated rings. The molecule has 11 nitrogen and oxygen atoms in total. The molecule has 7 unspecified atom stereocenters. The first-order chi connectivity index (χ1) is 46.2. The molecular weight excluding hydrogens is 1170 g/mol. The third kappa shape index (κ3) is 59.9. The number of nitrogens with one attached hydrogen (secondary N) is 1. The number of carbonyl (C=O) groups excluding carboxylic acids is 2. The molecule has 554 valence electrons. The number of ether oxygens (including phenoxy) is 3. The van der Waals surface area contributed by atoms with Crippen molar-refractivity contribution >= 4 is 11.9 Å². The van der Waals surface area contributed by atoms with Gasteiger partial charge in [0.2, 0.25) is 5.91 Å². The van der Waals surface area contributed by atoms with Crippen LogP contribution in [-0.4, -0.2) is 100 Å². The second kappa shape index (κ2) is 72.1. The molecule has 0 saturated carbocycles. The van der Waals surface area contributed by atoms with Crippen LogP contribution in [-0.2, 0) is 23.8 Å². The second-order valence-corrected chi connectivity index (χ2v) is 28.8. The maximum Gasteiger partial charge on any atom is 0.305 e. The van der Waals surface area contributed by atoms with E-state index in [1.165, 1.54) is 327 Å². The van der Waals surface area contributed by atoms with Crippen molar-refractivity contribution in [2.45, 2.75) is 461 Å². The zero-order valence-corrected chi connectivity index (χ0v) is 62.0. The number of unbranched alkanes of at least 4 members (excludes halogenated alkanes) is 56. The van der Waals surface area contributed by atoms with Crippen LogP contribution in [0.15, 0.2) is 36.5 Å². The lowest BCUT2D eigenvalue weighted by Gasteiger charge is -2.40. The summed E-state index contributed by atoms with van der Waals surface area (Å²) in [6, 6.07) is -0.804. The van der Waals surface area contributed by atoms with E-state index in [1.54, 1.807) is 6.08 Å². The molecule has 1 saturated heterocycles. The van der Waals surface area contributed by atoms with E-state index in [2.05, 4.69) is 43.5 Å². The van der Waals surface area contributed by atoms with Crippen LogP contribution in [0.4, 0.5) is 0 Å². The van der Waals surface area contributed by atoms with Crippen molar-refractivity contribution in [3.8, 4) is 0 Å². The molecule has 1 aliphatic rings. The van der Waals surface area contributed by atoms with Gasteiger partial charge in [0.25, 0.3) is 0 Å². The van der Waals surface area contributed by atoms with E-state index in [0.29, 0.717) is 19.4 Å². The van der Waals surface area contributed by atoms with Crippen molar-refractivity contribution in [1.82, 2.24) is 5.32 Å². The molecule has 0 aromatic carbocycles. The summed E-state index contributed by atoms with van der Waals surface area (Å²) in [6.45, 7) is 4.35. The molecule has 0 aromatic heterocycles. The largest absolute Gasteiger partial charge is 0.466 e. The standard InChI is InChI=1S/C83H157NO10/c1-3-5-7-9-11-13-15-16-17-41-45-48-51-55-59-63-67-71-79(88)92-72-68-64-60-56-52-49-46-43-40-38-36-34-32-30-28-26-24-22-20-18-19-21-23-25-27-29-31-33-35-37-39-42-44-47-50-54-58-62-66-70-78(87)84-75(74-93-83-82(91)81(90)80(89)77(73-85)94-83)76(86)69-65-61-57-53-14-12-10-8-6-4-2/h11,13,16-17,65,69,75-77,80-83,85-86,89-91H,3-10,12,14-15,18-64,66-68,70-74H2,1-2H3,(H,84,87)/b13-11-,17-16-,69-65+. The SMILES string of the molecule is CCCCC/C=C\C/C=C\CCCCCCCCCC(=O)OCCCCCCCCCCCCCCCCCCCCCCCCCCCCCCCCCCCCCCCCCC(=O)NC(COC1OC(CO)C(O)C(O)C1O)C(O)/C=C/CCCCCCCCCC. The summed E-state index contributed by atoms with van der Waals surface area (Å²) in [7, 11) is 0. The van der Waals surface area contributed by atoms with E-state index in [1.807, 2.05) is 6.08 Å². The van der Waals surface area contributed by atoms with E-state index in [4.69, 9.17) is 14.2 Å². The summed E-state index contributed by atoms with van der Waals surface area (Å²) in [5, 5.41) is 54.4. The van der Waals surface area contributed by atoms with Gasteiger partial charge in [-0.3, -0.25) is 9.59 Å². The fourth-order valence-electron chi connectivity index (χ4n) is 13.3. The Morgan fingerprint density at radius 3 is 1.10 bits per heavy atom.